The van der Waals surface area contributed by atoms with E-state index in [-0.39, 0.29) is 18.3 Å². The maximum Gasteiger partial charge on any atom is 0.253 e. The van der Waals surface area contributed by atoms with E-state index in [9.17, 15) is 9.18 Å². The molecule has 0 N–H and O–H groups in total. The SMILES string of the molecule is COc1ccc(OC)c(-c2cc(CN(C)C(=O)c3ccc(F)cc3)no2)c1. The second kappa shape index (κ2) is 7.90. The van der Waals surface area contributed by atoms with E-state index in [1.165, 1.54) is 29.2 Å². The number of carbonyl (C=O) groups excluding carboxylic acids is 1. The predicted octanol–water partition coefficient (Wildman–Crippen LogP) is 3.77. The number of aromatic nitrogens is 1. The van der Waals surface area contributed by atoms with Crippen molar-refractivity contribution >= 4 is 5.91 Å². The van der Waals surface area contributed by atoms with Crippen LogP contribution < -0.4 is 9.47 Å². The first-order valence-corrected chi connectivity index (χ1v) is 8.21. The second-order valence-corrected chi connectivity index (χ2v) is 5.92. The fourth-order valence-corrected chi connectivity index (χ4v) is 2.65. The lowest BCUT2D eigenvalue weighted by Crippen LogP contribution is -2.26. The molecule has 1 aromatic heterocycles. The van der Waals surface area contributed by atoms with E-state index < -0.39 is 0 Å². The molecule has 6 nitrogen and oxygen atoms in total. The van der Waals surface area contributed by atoms with Crippen molar-refractivity contribution in [1.82, 2.24) is 10.1 Å². The van der Waals surface area contributed by atoms with Crippen molar-refractivity contribution in [3.8, 4) is 22.8 Å². The number of halogens is 1. The van der Waals surface area contributed by atoms with Gasteiger partial charge < -0.3 is 18.9 Å². The largest absolute Gasteiger partial charge is 0.497 e. The summed E-state index contributed by atoms with van der Waals surface area (Å²) in [5, 5.41) is 4.03. The molecule has 0 unspecified atom stereocenters. The van der Waals surface area contributed by atoms with Crippen LogP contribution in [0.25, 0.3) is 11.3 Å². The summed E-state index contributed by atoms with van der Waals surface area (Å²) in [6, 6.07) is 12.5. The molecule has 3 rings (SSSR count). The predicted molar refractivity (Wildman–Crippen MR) is 97.2 cm³/mol. The van der Waals surface area contributed by atoms with Crippen LogP contribution in [0.1, 0.15) is 16.1 Å². The molecule has 1 heterocycles. The summed E-state index contributed by atoms with van der Waals surface area (Å²) in [7, 11) is 4.79. The van der Waals surface area contributed by atoms with E-state index in [1.54, 1.807) is 45.5 Å². The Morgan fingerprint density at radius 3 is 2.52 bits per heavy atom. The minimum Gasteiger partial charge on any atom is -0.497 e. The van der Waals surface area contributed by atoms with Crippen molar-refractivity contribution in [3.05, 3.63) is 65.6 Å². The van der Waals surface area contributed by atoms with Crippen LogP contribution in [0.3, 0.4) is 0 Å². The number of nitrogens with zero attached hydrogens (tertiary/aromatic N) is 2. The van der Waals surface area contributed by atoms with Crippen LogP contribution in [0, 0.1) is 5.82 Å². The number of methoxy groups -OCH3 is 2. The van der Waals surface area contributed by atoms with Crippen LogP contribution in [0.2, 0.25) is 0 Å². The number of carbonyl (C=O) groups is 1. The molecule has 7 heteroatoms. The number of rotatable bonds is 6. The van der Waals surface area contributed by atoms with Gasteiger partial charge in [-0.3, -0.25) is 4.79 Å². The molecule has 1 amide bonds. The van der Waals surface area contributed by atoms with Crippen molar-refractivity contribution in [3.63, 3.8) is 0 Å². The number of amides is 1. The van der Waals surface area contributed by atoms with Gasteiger partial charge in [-0.05, 0) is 42.5 Å². The molecular weight excluding hydrogens is 351 g/mol. The molecule has 0 aliphatic carbocycles. The van der Waals surface area contributed by atoms with E-state index in [0.717, 1.165) is 0 Å². The Morgan fingerprint density at radius 2 is 1.85 bits per heavy atom. The van der Waals surface area contributed by atoms with E-state index in [4.69, 9.17) is 14.0 Å². The van der Waals surface area contributed by atoms with Crippen molar-refractivity contribution < 1.29 is 23.2 Å². The van der Waals surface area contributed by atoms with Crippen molar-refractivity contribution in [2.75, 3.05) is 21.3 Å². The monoisotopic (exact) mass is 370 g/mol. The maximum absolute atomic E-state index is 13.0. The van der Waals surface area contributed by atoms with E-state index in [1.807, 2.05) is 0 Å². The van der Waals surface area contributed by atoms with Gasteiger partial charge in [0.15, 0.2) is 5.76 Å². The highest BCUT2D eigenvalue weighted by molar-refractivity contribution is 5.93. The maximum atomic E-state index is 13.0. The minimum atomic E-state index is -0.386. The Morgan fingerprint density at radius 1 is 1.11 bits per heavy atom. The van der Waals surface area contributed by atoms with Gasteiger partial charge in [0.05, 0.1) is 26.3 Å². The summed E-state index contributed by atoms with van der Waals surface area (Å²) in [5.41, 5.74) is 1.67. The van der Waals surface area contributed by atoms with Gasteiger partial charge in [-0.2, -0.15) is 0 Å². The molecule has 3 aromatic rings. The van der Waals surface area contributed by atoms with Crippen LogP contribution >= 0.6 is 0 Å². The Bertz CT molecular complexity index is 937. The lowest BCUT2D eigenvalue weighted by molar-refractivity contribution is 0.0782. The van der Waals surface area contributed by atoms with Crippen molar-refractivity contribution in [2.45, 2.75) is 6.54 Å². The van der Waals surface area contributed by atoms with Crippen LogP contribution in [0.5, 0.6) is 11.5 Å². The number of benzene rings is 2. The smallest absolute Gasteiger partial charge is 0.253 e. The Labute approximate surface area is 156 Å². The van der Waals surface area contributed by atoms with Crippen LogP contribution in [-0.2, 0) is 6.54 Å². The Hall–Kier alpha value is -3.35. The molecule has 2 aromatic carbocycles. The molecular formula is C20H19FN2O4. The average molecular weight is 370 g/mol. The van der Waals surface area contributed by atoms with Crippen molar-refractivity contribution in [1.29, 1.82) is 0 Å². The first kappa shape index (κ1) is 18.4. The Kier molecular flexibility index (Phi) is 5.40. The van der Waals surface area contributed by atoms with E-state index in [2.05, 4.69) is 5.16 Å². The summed E-state index contributed by atoms with van der Waals surface area (Å²) in [4.78, 5) is 13.9. The normalized spacial score (nSPS) is 10.5. The molecule has 0 fully saturated rings. The molecule has 0 bridgehead atoms. The fourth-order valence-electron chi connectivity index (χ4n) is 2.65. The molecule has 0 aliphatic rings. The fraction of sp³-hybridized carbons (Fsp3) is 0.200. The van der Waals surface area contributed by atoms with Gasteiger partial charge in [0, 0.05) is 18.7 Å². The molecule has 140 valence electrons. The lowest BCUT2D eigenvalue weighted by Gasteiger charge is -2.15. The standard InChI is InChI=1S/C20H19FN2O4/c1-23(20(24)13-4-6-14(21)7-5-13)12-15-10-19(27-22-15)17-11-16(25-2)8-9-18(17)26-3/h4-11H,12H2,1-3H3. The molecule has 0 atom stereocenters. The molecule has 0 saturated carbocycles. The van der Waals surface area contributed by atoms with Crippen LogP contribution in [0.4, 0.5) is 4.39 Å². The molecule has 0 saturated heterocycles. The zero-order valence-electron chi connectivity index (χ0n) is 15.2. The molecule has 27 heavy (non-hydrogen) atoms. The molecule has 0 spiro atoms. The number of ether oxygens (including phenoxy) is 2. The van der Waals surface area contributed by atoms with Gasteiger partial charge in [-0.25, -0.2) is 4.39 Å². The highest BCUT2D eigenvalue weighted by atomic mass is 19.1. The average Bonchev–Trinajstić information content (AvgIpc) is 3.15. The third kappa shape index (κ3) is 4.08. The van der Waals surface area contributed by atoms with E-state index in [0.29, 0.717) is 34.1 Å². The third-order valence-corrected chi connectivity index (χ3v) is 4.07. The van der Waals surface area contributed by atoms with Crippen molar-refractivity contribution in [2.24, 2.45) is 0 Å². The minimum absolute atomic E-state index is 0.237. The molecule has 0 aliphatic heterocycles. The second-order valence-electron chi connectivity index (χ2n) is 5.92. The summed E-state index contributed by atoms with van der Waals surface area (Å²) in [5.74, 6) is 1.16. The first-order valence-electron chi connectivity index (χ1n) is 8.21. The summed E-state index contributed by atoms with van der Waals surface area (Å²) < 4.78 is 29.0. The third-order valence-electron chi connectivity index (χ3n) is 4.07. The van der Waals surface area contributed by atoms with Gasteiger partial charge in [0.25, 0.3) is 5.91 Å². The first-order chi connectivity index (χ1) is 13.0. The van der Waals surface area contributed by atoms with E-state index >= 15 is 0 Å². The lowest BCUT2D eigenvalue weighted by atomic mass is 10.1. The van der Waals surface area contributed by atoms with Crippen LogP contribution in [-0.4, -0.2) is 37.2 Å². The van der Waals surface area contributed by atoms with Gasteiger partial charge in [-0.1, -0.05) is 5.16 Å². The van der Waals surface area contributed by atoms with Gasteiger partial charge in [0.2, 0.25) is 0 Å². The molecule has 0 radical (unpaired) electrons. The van der Waals surface area contributed by atoms with Gasteiger partial charge >= 0.3 is 0 Å². The topological polar surface area (TPSA) is 64.8 Å². The quantitative estimate of drug-likeness (QED) is 0.661. The van der Waals surface area contributed by atoms with Gasteiger partial charge in [0.1, 0.15) is 23.0 Å². The number of hydrogen-bond acceptors (Lipinski definition) is 5. The summed E-state index contributed by atoms with van der Waals surface area (Å²) in [6.07, 6.45) is 0. The zero-order valence-corrected chi connectivity index (χ0v) is 15.2. The summed E-state index contributed by atoms with van der Waals surface area (Å²) in [6.45, 7) is 0.242. The highest BCUT2D eigenvalue weighted by Crippen LogP contribution is 2.33. The zero-order chi connectivity index (χ0) is 19.4. The Balaban J connectivity index is 1.78. The highest BCUT2D eigenvalue weighted by Gasteiger charge is 2.17. The summed E-state index contributed by atoms with van der Waals surface area (Å²) >= 11 is 0. The van der Waals surface area contributed by atoms with Gasteiger partial charge in [-0.15, -0.1) is 0 Å². The van der Waals surface area contributed by atoms with Crippen LogP contribution in [0.15, 0.2) is 53.1 Å². The number of hydrogen-bond donors (Lipinski definition) is 0.